The van der Waals surface area contributed by atoms with E-state index < -0.39 is 0 Å². The Labute approximate surface area is 203 Å². The summed E-state index contributed by atoms with van der Waals surface area (Å²) in [6, 6.07) is 25.2. The molecule has 0 aliphatic heterocycles. The number of rotatable bonds is 7. The van der Waals surface area contributed by atoms with Gasteiger partial charge in [-0.1, -0.05) is 48.0 Å². The van der Waals surface area contributed by atoms with Gasteiger partial charge in [-0.3, -0.25) is 0 Å². The molecule has 0 aromatic heterocycles. The average Bonchev–Trinajstić information content (AvgIpc) is 2.85. The van der Waals surface area contributed by atoms with E-state index in [1.54, 1.807) is 36.4 Å². The summed E-state index contributed by atoms with van der Waals surface area (Å²) in [5.41, 5.74) is 5.16. The predicted molar refractivity (Wildman–Crippen MR) is 131 cm³/mol. The molecule has 0 saturated carbocycles. The fraction of sp³-hybridized carbons (Fsp3) is 0.107. The van der Waals surface area contributed by atoms with Crippen molar-refractivity contribution in [2.24, 2.45) is 0 Å². The summed E-state index contributed by atoms with van der Waals surface area (Å²) in [5.74, 6) is 0.778. The zero-order valence-corrected chi connectivity index (χ0v) is 19.2. The number of aromatic hydroxyl groups is 2. The highest BCUT2D eigenvalue weighted by Gasteiger charge is 2.11. The van der Waals surface area contributed by atoms with E-state index in [2.05, 4.69) is 6.07 Å². The van der Waals surface area contributed by atoms with Gasteiger partial charge < -0.3 is 19.7 Å². The van der Waals surface area contributed by atoms with E-state index in [1.807, 2.05) is 37.3 Å². The highest BCUT2D eigenvalue weighted by atomic mass is 35.5. The molecule has 0 unspecified atom stereocenters. The van der Waals surface area contributed by atoms with Crippen LogP contribution in [0.5, 0.6) is 23.0 Å². The second-order valence-electron chi connectivity index (χ2n) is 7.77. The van der Waals surface area contributed by atoms with Gasteiger partial charge in [-0.05, 0) is 71.1 Å². The molecular weight excluding hydrogens is 450 g/mol. The van der Waals surface area contributed by atoms with E-state index >= 15 is 0 Å². The molecule has 0 heterocycles. The molecule has 0 saturated heterocycles. The Kier molecular flexibility index (Phi) is 6.91. The third kappa shape index (κ3) is 5.25. The molecular formula is C28H22ClNO4. The highest BCUT2D eigenvalue weighted by Crippen LogP contribution is 2.34. The highest BCUT2D eigenvalue weighted by molar-refractivity contribution is 6.32. The molecule has 34 heavy (non-hydrogen) atoms. The molecule has 5 nitrogen and oxygen atoms in total. The zero-order chi connectivity index (χ0) is 24.1. The van der Waals surface area contributed by atoms with Crippen molar-refractivity contribution in [3.05, 3.63) is 106 Å². The molecule has 2 N–H and O–H groups in total. The van der Waals surface area contributed by atoms with Gasteiger partial charge in [-0.2, -0.15) is 5.26 Å². The normalized spacial score (nSPS) is 10.5. The average molecular weight is 472 g/mol. The van der Waals surface area contributed by atoms with Crippen molar-refractivity contribution in [3.63, 3.8) is 0 Å². The summed E-state index contributed by atoms with van der Waals surface area (Å²) < 4.78 is 11.9. The van der Waals surface area contributed by atoms with Crippen LogP contribution in [0.3, 0.4) is 0 Å². The summed E-state index contributed by atoms with van der Waals surface area (Å²) in [6.07, 6.45) is 0. The minimum atomic E-state index is -0.165. The maximum absolute atomic E-state index is 9.86. The molecule has 4 aromatic carbocycles. The maximum atomic E-state index is 9.86. The van der Waals surface area contributed by atoms with Crippen LogP contribution in [0.2, 0.25) is 5.02 Å². The lowest BCUT2D eigenvalue weighted by molar-refractivity contribution is 0.290. The second kappa shape index (κ2) is 10.2. The largest absolute Gasteiger partial charge is 0.504 e. The molecule has 6 heteroatoms. The van der Waals surface area contributed by atoms with Gasteiger partial charge in [0.2, 0.25) is 0 Å². The molecule has 0 bridgehead atoms. The van der Waals surface area contributed by atoms with E-state index in [9.17, 15) is 10.2 Å². The molecule has 4 rings (SSSR count). The molecule has 0 amide bonds. The molecule has 0 radical (unpaired) electrons. The summed E-state index contributed by atoms with van der Waals surface area (Å²) in [5, 5.41) is 29.0. The van der Waals surface area contributed by atoms with Crippen LogP contribution in [-0.2, 0) is 13.2 Å². The van der Waals surface area contributed by atoms with Gasteiger partial charge in [-0.25, -0.2) is 0 Å². The Balaban J connectivity index is 1.48. The molecule has 0 atom stereocenters. The first-order valence-corrected chi connectivity index (χ1v) is 11.0. The lowest BCUT2D eigenvalue weighted by Gasteiger charge is -2.15. The van der Waals surface area contributed by atoms with Crippen LogP contribution in [0.15, 0.2) is 78.9 Å². The minimum Gasteiger partial charge on any atom is -0.504 e. The molecule has 170 valence electrons. The molecule has 4 aromatic rings. The number of benzene rings is 4. The van der Waals surface area contributed by atoms with Crippen LogP contribution in [0.25, 0.3) is 11.1 Å². The van der Waals surface area contributed by atoms with E-state index in [0.29, 0.717) is 28.7 Å². The van der Waals surface area contributed by atoms with Crippen LogP contribution in [0.1, 0.15) is 22.3 Å². The number of nitrogens with zero attached hydrogens (tertiary/aromatic N) is 1. The van der Waals surface area contributed by atoms with Crippen LogP contribution in [0.4, 0.5) is 0 Å². The predicted octanol–water partition coefficient (Wildman–Crippen LogP) is 6.76. The van der Waals surface area contributed by atoms with Gasteiger partial charge in [0, 0.05) is 6.07 Å². The summed E-state index contributed by atoms with van der Waals surface area (Å²) in [4.78, 5) is 0. The van der Waals surface area contributed by atoms with E-state index in [1.165, 1.54) is 12.1 Å². The fourth-order valence-corrected chi connectivity index (χ4v) is 3.75. The molecule has 0 aliphatic rings. The number of nitriles is 1. The second-order valence-corrected chi connectivity index (χ2v) is 8.18. The first-order valence-electron chi connectivity index (χ1n) is 10.6. The maximum Gasteiger partial charge on any atom is 0.158 e. The monoisotopic (exact) mass is 471 g/mol. The lowest BCUT2D eigenvalue weighted by Crippen LogP contribution is -2.01. The van der Waals surface area contributed by atoms with Gasteiger partial charge in [0.05, 0.1) is 16.7 Å². The quantitative estimate of drug-likeness (QED) is 0.291. The first kappa shape index (κ1) is 23.0. The van der Waals surface area contributed by atoms with Gasteiger partial charge in [0.1, 0.15) is 24.7 Å². The van der Waals surface area contributed by atoms with E-state index in [4.69, 9.17) is 26.3 Å². The number of hydrogen-bond acceptors (Lipinski definition) is 5. The van der Waals surface area contributed by atoms with Gasteiger partial charge in [0.25, 0.3) is 0 Å². The zero-order valence-electron chi connectivity index (χ0n) is 18.5. The molecule has 0 spiro atoms. The first-order chi connectivity index (χ1) is 16.4. The van der Waals surface area contributed by atoms with Crippen molar-refractivity contribution in [1.29, 1.82) is 5.26 Å². The number of hydrogen-bond donors (Lipinski definition) is 2. The van der Waals surface area contributed by atoms with Crippen molar-refractivity contribution in [2.75, 3.05) is 0 Å². The number of halogens is 1. The Morgan fingerprint density at radius 2 is 1.68 bits per heavy atom. The van der Waals surface area contributed by atoms with Gasteiger partial charge in [-0.15, -0.1) is 0 Å². The van der Waals surface area contributed by atoms with Crippen molar-refractivity contribution in [1.82, 2.24) is 0 Å². The van der Waals surface area contributed by atoms with Crippen LogP contribution < -0.4 is 9.47 Å². The van der Waals surface area contributed by atoms with Crippen molar-refractivity contribution < 1.29 is 19.7 Å². The smallest absolute Gasteiger partial charge is 0.158 e. The van der Waals surface area contributed by atoms with E-state index in [-0.39, 0.29) is 18.1 Å². The number of phenols is 2. The summed E-state index contributed by atoms with van der Waals surface area (Å²) in [6.45, 7) is 2.59. The standard InChI is InChI=1S/C28H22ClNO4/c1-18-22(6-3-7-24(18)21-8-11-26(31)27(32)13-21)17-34-28-14-23(9-10-25(28)29)33-16-20-5-2-4-19(12-20)15-30/h2-14,31-32H,16-17H2,1H3. The minimum absolute atomic E-state index is 0.157. The van der Waals surface area contributed by atoms with Crippen LogP contribution in [-0.4, -0.2) is 10.2 Å². The SMILES string of the molecule is Cc1c(COc2cc(OCc3cccc(C#N)c3)ccc2Cl)cccc1-c1ccc(O)c(O)c1. The van der Waals surface area contributed by atoms with Gasteiger partial charge in [0.15, 0.2) is 11.5 Å². The van der Waals surface area contributed by atoms with Gasteiger partial charge >= 0.3 is 0 Å². The number of ether oxygens (including phenoxy) is 2. The summed E-state index contributed by atoms with van der Waals surface area (Å²) >= 11 is 6.35. The lowest BCUT2D eigenvalue weighted by atomic mass is 9.96. The Bertz CT molecular complexity index is 1380. The topological polar surface area (TPSA) is 82.7 Å². The third-order valence-corrected chi connectivity index (χ3v) is 5.79. The van der Waals surface area contributed by atoms with E-state index in [0.717, 1.165) is 27.8 Å². The number of phenolic OH excluding ortho intramolecular Hbond substituents is 2. The summed E-state index contributed by atoms with van der Waals surface area (Å²) in [7, 11) is 0. The van der Waals surface area contributed by atoms with Crippen LogP contribution in [0, 0.1) is 18.3 Å². The molecule has 0 fully saturated rings. The van der Waals surface area contributed by atoms with Crippen molar-refractivity contribution in [3.8, 4) is 40.2 Å². The third-order valence-electron chi connectivity index (χ3n) is 5.48. The van der Waals surface area contributed by atoms with Crippen molar-refractivity contribution >= 4 is 11.6 Å². The van der Waals surface area contributed by atoms with Crippen molar-refractivity contribution in [2.45, 2.75) is 20.1 Å². The van der Waals surface area contributed by atoms with Crippen LogP contribution >= 0.6 is 11.6 Å². The Morgan fingerprint density at radius 3 is 2.47 bits per heavy atom. The fourth-order valence-electron chi connectivity index (χ4n) is 3.58. The molecule has 0 aliphatic carbocycles. The Morgan fingerprint density at radius 1 is 0.853 bits per heavy atom. The Hall–Kier alpha value is -4.14.